The van der Waals surface area contributed by atoms with Crippen molar-refractivity contribution in [3.63, 3.8) is 0 Å². The topological polar surface area (TPSA) is 52.6 Å². The Labute approximate surface area is 98.0 Å². The van der Waals surface area contributed by atoms with Gasteiger partial charge in [-0.1, -0.05) is 6.92 Å². The Hall–Kier alpha value is -0.610. The molecule has 1 rings (SSSR count). The van der Waals surface area contributed by atoms with Gasteiger partial charge in [-0.25, -0.2) is 0 Å². The van der Waals surface area contributed by atoms with Crippen molar-refractivity contribution >= 4 is 5.97 Å². The summed E-state index contributed by atoms with van der Waals surface area (Å²) in [5.74, 6) is -0.992. The van der Waals surface area contributed by atoms with Gasteiger partial charge in [-0.3, -0.25) is 9.69 Å². The maximum Gasteiger partial charge on any atom is 0.307 e. The van der Waals surface area contributed by atoms with Crippen molar-refractivity contribution in [2.45, 2.75) is 45.2 Å². The van der Waals surface area contributed by atoms with Crippen LogP contribution in [0.25, 0.3) is 0 Å². The van der Waals surface area contributed by atoms with Gasteiger partial charge in [-0.2, -0.15) is 0 Å². The summed E-state index contributed by atoms with van der Waals surface area (Å²) in [5.41, 5.74) is 0.225. The lowest BCUT2D eigenvalue weighted by molar-refractivity contribution is -0.143. The lowest BCUT2D eigenvalue weighted by Gasteiger charge is -2.42. The molecule has 0 aromatic carbocycles. The average Bonchev–Trinajstić information content (AvgIpc) is 2.28. The Balaban J connectivity index is 2.50. The zero-order valence-corrected chi connectivity index (χ0v) is 10.8. The van der Waals surface area contributed by atoms with Gasteiger partial charge in [0.15, 0.2) is 0 Å². The number of nitrogens with zero attached hydrogens (tertiary/aromatic N) is 1. The SMILES string of the molecule is CNC1(C)CCN(C(C)C(C)C(=O)O)CC1. The monoisotopic (exact) mass is 228 g/mol. The number of aliphatic carboxylic acids is 1. The molecule has 1 heterocycles. The van der Waals surface area contributed by atoms with Gasteiger partial charge in [0.2, 0.25) is 0 Å². The largest absolute Gasteiger partial charge is 0.481 e. The summed E-state index contributed by atoms with van der Waals surface area (Å²) >= 11 is 0. The van der Waals surface area contributed by atoms with E-state index in [0.717, 1.165) is 25.9 Å². The standard InChI is InChI=1S/C12H24N2O2/c1-9(11(15)16)10(2)14-7-5-12(3,13-4)6-8-14/h9-10,13H,5-8H2,1-4H3,(H,15,16). The minimum atomic E-state index is -0.700. The summed E-state index contributed by atoms with van der Waals surface area (Å²) in [6.45, 7) is 8.00. The Bertz CT molecular complexity index is 247. The van der Waals surface area contributed by atoms with Gasteiger partial charge < -0.3 is 10.4 Å². The van der Waals surface area contributed by atoms with E-state index < -0.39 is 5.97 Å². The zero-order valence-electron chi connectivity index (χ0n) is 10.8. The number of hydrogen-bond donors (Lipinski definition) is 2. The molecule has 0 saturated carbocycles. The molecule has 16 heavy (non-hydrogen) atoms. The molecule has 4 nitrogen and oxygen atoms in total. The fourth-order valence-corrected chi connectivity index (χ4v) is 2.20. The summed E-state index contributed by atoms with van der Waals surface area (Å²) < 4.78 is 0. The van der Waals surface area contributed by atoms with Crippen molar-refractivity contribution < 1.29 is 9.90 Å². The zero-order chi connectivity index (χ0) is 12.3. The highest BCUT2D eigenvalue weighted by molar-refractivity contribution is 5.70. The van der Waals surface area contributed by atoms with Gasteiger partial charge in [0, 0.05) is 24.7 Å². The number of carboxylic acid groups (broad SMARTS) is 1. The summed E-state index contributed by atoms with van der Waals surface area (Å²) in [6, 6.07) is 0.124. The molecule has 0 radical (unpaired) electrons. The summed E-state index contributed by atoms with van der Waals surface area (Å²) in [5, 5.41) is 12.3. The van der Waals surface area contributed by atoms with Crippen LogP contribution in [0, 0.1) is 5.92 Å². The highest BCUT2D eigenvalue weighted by Crippen LogP contribution is 2.24. The maximum atomic E-state index is 10.9. The molecular formula is C12H24N2O2. The predicted molar refractivity (Wildman–Crippen MR) is 64.5 cm³/mol. The second kappa shape index (κ2) is 5.15. The van der Waals surface area contributed by atoms with Crippen LogP contribution in [-0.2, 0) is 4.79 Å². The summed E-state index contributed by atoms with van der Waals surface area (Å²) in [4.78, 5) is 13.2. The first-order valence-electron chi connectivity index (χ1n) is 6.05. The number of nitrogens with one attached hydrogen (secondary N) is 1. The minimum Gasteiger partial charge on any atom is -0.481 e. The Morgan fingerprint density at radius 1 is 1.38 bits per heavy atom. The Morgan fingerprint density at radius 3 is 2.25 bits per heavy atom. The van der Waals surface area contributed by atoms with Crippen molar-refractivity contribution in [2.75, 3.05) is 20.1 Å². The first-order chi connectivity index (χ1) is 7.39. The Morgan fingerprint density at radius 2 is 1.88 bits per heavy atom. The number of rotatable bonds is 4. The molecule has 2 unspecified atom stereocenters. The van der Waals surface area contributed by atoms with E-state index in [0.29, 0.717) is 0 Å². The summed E-state index contributed by atoms with van der Waals surface area (Å²) in [7, 11) is 2.00. The Kier molecular flexibility index (Phi) is 4.33. The van der Waals surface area contributed by atoms with Crippen LogP contribution in [-0.4, -0.2) is 47.7 Å². The lowest BCUT2D eigenvalue weighted by atomic mass is 9.88. The second-order valence-electron chi connectivity index (χ2n) is 5.21. The van der Waals surface area contributed by atoms with Gasteiger partial charge in [-0.15, -0.1) is 0 Å². The van der Waals surface area contributed by atoms with Crippen LogP contribution in [0.4, 0.5) is 0 Å². The van der Waals surface area contributed by atoms with Crippen LogP contribution < -0.4 is 5.32 Å². The van der Waals surface area contributed by atoms with Crippen LogP contribution in [0.2, 0.25) is 0 Å². The molecule has 94 valence electrons. The van der Waals surface area contributed by atoms with E-state index in [4.69, 9.17) is 5.11 Å². The van der Waals surface area contributed by atoms with Crippen molar-refractivity contribution in [3.8, 4) is 0 Å². The van der Waals surface area contributed by atoms with Gasteiger partial charge in [0.1, 0.15) is 0 Å². The van der Waals surface area contributed by atoms with E-state index in [-0.39, 0.29) is 17.5 Å². The molecular weight excluding hydrogens is 204 g/mol. The molecule has 0 aromatic rings. The smallest absolute Gasteiger partial charge is 0.307 e. The van der Waals surface area contributed by atoms with E-state index in [1.807, 2.05) is 14.0 Å². The molecule has 1 aliphatic rings. The van der Waals surface area contributed by atoms with Gasteiger partial charge in [0.05, 0.1) is 5.92 Å². The van der Waals surface area contributed by atoms with E-state index in [2.05, 4.69) is 17.1 Å². The number of hydrogen-bond acceptors (Lipinski definition) is 3. The molecule has 0 bridgehead atoms. The molecule has 1 aliphatic heterocycles. The molecule has 2 atom stereocenters. The van der Waals surface area contributed by atoms with Gasteiger partial charge >= 0.3 is 5.97 Å². The molecule has 1 fully saturated rings. The molecule has 0 spiro atoms. The van der Waals surface area contributed by atoms with Crippen molar-refractivity contribution in [2.24, 2.45) is 5.92 Å². The van der Waals surface area contributed by atoms with Crippen molar-refractivity contribution in [3.05, 3.63) is 0 Å². The van der Waals surface area contributed by atoms with Crippen LogP contribution in [0.15, 0.2) is 0 Å². The molecule has 0 aromatic heterocycles. The number of piperidine rings is 1. The third-order valence-corrected chi connectivity index (χ3v) is 4.19. The van der Waals surface area contributed by atoms with E-state index >= 15 is 0 Å². The van der Waals surface area contributed by atoms with Crippen molar-refractivity contribution in [1.29, 1.82) is 0 Å². The fourth-order valence-electron chi connectivity index (χ4n) is 2.20. The van der Waals surface area contributed by atoms with E-state index in [9.17, 15) is 4.79 Å². The third kappa shape index (κ3) is 2.95. The quantitative estimate of drug-likeness (QED) is 0.758. The third-order valence-electron chi connectivity index (χ3n) is 4.19. The van der Waals surface area contributed by atoms with Crippen LogP contribution >= 0.6 is 0 Å². The highest BCUT2D eigenvalue weighted by Gasteiger charge is 2.33. The molecule has 4 heteroatoms. The predicted octanol–water partition coefficient (Wildman–Crippen LogP) is 1.17. The number of carbonyl (C=O) groups is 1. The van der Waals surface area contributed by atoms with E-state index in [1.54, 1.807) is 6.92 Å². The van der Waals surface area contributed by atoms with Gasteiger partial charge in [0.25, 0.3) is 0 Å². The molecule has 0 amide bonds. The highest BCUT2D eigenvalue weighted by atomic mass is 16.4. The average molecular weight is 228 g/mol. The first kappa shape index (κ1) is 13.5. The maximum absolute atomic E-state index is 10.9. The molecule has 0 aliphatic carbocycles. The van der Waals surface area contributed by atoms with Crippen molar-refractivity contribution in [1.82, 2.24) is 10.2 Å². The van der Waals surface area contributed by atoms with Crippen LogP contribution in [0.1, 0.15) is 33.6 Å². The fraction of sp³-hybridized carbons (Fsp3) is 0.917. The summed E-state index contributed by atoms with van der Waals surface area (Å²) in [6.07, 6.45) is 2.17. The lowest BCUT2D eigenvalue weighted by Crippen LogP contribution is -2.53. The number of carboxylic acids is 1. The molecule has 2 N–H and O–H groups in total. The molecule has 1 saturated heterocycles. The van der Waals surface area contributed by atoms with Crippen LogP contribution in [0.3, 0.4) is 0 Å². The second-order valence-corrected chi connectivity index (χ2v) is 5.21. The van der Waals surface area contributed by atoms with Crippen LogP contribution in [0.5, 0.6) is 0 Å². The van der Waals surface area contributed by atoms with Gasteiger partial charge in [-0.05, 0) is 33.7 Å². The van der Waals surface area contributed by atoms with E-state index in [1.165, 1.54) is 0 Å². The normalized spacial score (nSPS) is 25.0. The first-order valence-corrected chi connectivity index (χ1v) is 6.05. The number of likely N-dealkylation sites (tertiary alicyclic amines) is 1. The minimum absolute atomic E-state index is 0.124.